The minimum Gasteiger partial charge on any atom is -0.460 e. The number of esters is 8. The summed E-state index contributed by atoms with van der Waals surface area (Å²) in [6.45, 7) is 37.9. The topological polar surface area (TPSA) is 389 Å². The van der Waals surface area contributed by atoms with Crippen molar-refractivity contribution in [2.75, 3.05) is 106 Å². The molecule has 0 saturated carbocycles. The normalized spacial score (nSPS) is 11.3. The van der Waals surface area contributed by atoms with E-state index < -0.39 is 111 Å². The lowest BCUT2D eigenvalue weighted by molar-refractivity contribution is -0.141. The Balaban J connectivity index is 0.000000724. The van der Waals surface area contributed by atoms with E-state index in [4.69, 9.17) is 92.2 Å². The number of hydrogen-bond donors (Lipinski definition) is 0. The van der Waals surface area contributed by atoms with E-state index in [2.05, 4.69) is 52.6 Å². The second-order valence-corrected chi connectivity index (χ2v) is 28.7. The second kappa shape index (κ2) is 46.2. The second-order valence-electron chi connectivity index (χ2n) is 22.3. The molecule has 0 amide bonds. The largest absolute Gasteiger partial charge is 0.530 e. The molecule has 3 aromatic carbocycles. The third-order valence-electron chi connectivity index (χ3n) is 12.1. The molecule has 0 atom stereocenters. The molecule has 0 saturated heterocycles. The van der Waals surface area contributed by atoms with Crippen LogP contribution in [0.2, 0.25) is 0 Å². The van der Waals surface area contributed by atoms with Gasteiger partial charge in [0.2, 0.25) is 0 Å². The predicted molar refractivity (Wildman–Crippen MR) is 378 cm³/mol. The average molecular weight is 1560 g/mol. The molecule has 0 N–H and O–H groups in total. The van der Waals surface area contributed by atoms with Crippen LogP contribution < -0.4 is 18.1 Å². The highest BCUT2D eigenvalue weighted by Crippen LogP contribution is 2.54. The Labute approximate surface area is 609 Å². The minimum absolute atomic E-state index is 0.124. The van der Waals surface area contributed by atoms with Crippen LogP contribution in [0.1, 0.15) is 80.4 Å². The lowest BCUT2D eigenvalue weighted by atomic mass is 9.78. The van der Waals surface area contributed by atoms with Gasteiger partial charge in [-0.2, -0.15) is 0 Å². The Morgan fingerprint density at radius 2 is 0.429 bits per heavy atom. The van der Waals surface area contributed by atoms with Crippen LogP contribution in [-0.4, -0.2) is 153 Å². The molecule has 0 aliphatic rings. The smallest absolute Gasteiger partial charge is 0.460 e. The van der Waals surface area contributed by atoms with E-state index in [9.17, 15) is 56.6 Å². The summed E-state index contributed by atoms with van der Waals surface area (Å²) in [6, 6.07) is 18.4. The Morgan fingerprint density at radius 3 is 0.590 bits per heavy atom. The van der Waals surface area contributed by atoms with Crippen molar-refractivity contribution in [2.24, 2.45) is 0 Å². The highest BCUT2D eigenvalue weighted by molar-refractivity contribution is 7.49. The van der Waals surface area contributed by atoms with Crippen molar-refractivity contribution in [3.63, 3.8) is 0 Å². The molecule has 32 nitrogen and oxygen atoms in total. The molecule has 0 heterocycles. The molecule has 36 heteroatoms. The van der Waals surface area contributed by atoms with Gasteiger partial charge in [-0.05, 0) is 103 Å². The number of hydrogen-bond acceptors (Lipinski definition) is 32. The quantitative estimate of drug-likeness (QED) is 0.0166. The third kappa shape index (κ3) is 37.1. The van der Waals surface area contributed by atoms with Crippen LogP contribution in [0.5, 0.6) is 23.0 Å². The minimum atomic E-state index is -4.48. The molecule has 0 bridgehead atoms. The summed E-state index contributed by atoms with van der Waals surface area (Å²) < 4.78 is 158. The average Bonchev–Trinajstić information content (AvgIpc) is 0.761. The molecule has 0 radical (unpaired) electrons. The van der Waals surface area contributed by atoms with E-state index in [1.54, 1.807) is 48.5 Å². The van der Waals surface area contributed by atoms with Crippen LogP contribution in [-0.2, 0) is 136 Å². The summed E-state index contributed by atoms with van der Waals surface area (Å²) in [4.78, 5) is 93.4. The lowest BCUT2D eigenvalue weighted by Gasteiger charge is -2.27. The number of rotatable bonds is 50. The molecule has 0 aliphatic carbocycles. The number of benzene rings is 3. The van der Waals surface area contributed by atoms with Crippen molar-refractivity contribution in [1.29, 1.82) is 0 Å². The van der Waals surface area contributed by atoms with Gasteiger partial charge in [-0.15, -0.1) is 0 Å². The van der Waals surface area contributed by atoms with Gasteiger partial charge in [0.15, 0.2) is 0 Å². The monoisotopic (exact) mass is 1550 g/mol. The summed E-state index contributed by atoms with van der Waals surface area (Å²) in [5, 5.41) is 0. The molecule has 3 aromatic rings. The van der Waals surface area contributed by atoms with E-state index >= 15 is 0 Å². The molecule has 578 valence electrons. The van der Waals surface area contributed by atoms with E-state index in [0.717, 1.165) is 17.2 Å². The summed E-state index contributed by atoms with van der Waals surface area (Å²) in [5.74, 6) is -5.54. The summed E-state index contributed by atoms with van der Waals surface area (Å²) >= 11 is 0. The molecule has 0 fully saturated rings. The molecule has 0 aromatic heterocycles. The van der Waals surface area contributed by atoms with Gasteiger partial charge >= 0.3 is 79.0 Å². The maximum atomic E-state index is 13.5. The Morgan fingerprint density at radius 1 is 0.267 bits per heavy atom. The van der Waals surface area contributed by atoms with Gasteiger partial charge in [-0.1, -0.05) is 96.8 Å². The Hall–Kier alpha value is -8.86. The predicted octanol–water partition coefficient (Wildman–Crippen LogP) is 12.7. The van der Waals surface area contributed by atoms with Crippen LogP contribution >= 0.6 is 31.3 Å². The highest BCUT2D eigenvalue weighted by atomic mass is 31.2. The maximum Gasteiger partial charge on any atom is 0.530 e. The van der Waals surface area contributed by atoms with Gasteiger partial charge < -0.3 is 56.0 Å². The fraction of sp³-hybridized carbons (Fsp3) is 0.391. The van der Waals surface area contributed by atoms with E-state index in [-0.39, 0.29) is 147 Å². The first-order valence-corrected chi connectivity index (χ1v) is 37.3. The fourth-order valence-electron chi connectivity index (χ4n) is 6.75. The van der Waals surface area contributed by atoms with Crippen molar-refractivity contribution in [3.8, 4) is 23.0 Å². The zero-order chi connectivity index (χ0) is 79.1. The maximum absolute atomic E-state index is 13.5. The van der Waals surface area contributed by atoms with Crippen LogP contribution in [0.15, 0.2) is 170 Å². The van der Waals surface area contributed by atoms with Gasteiger partial charge in [0, 0.05) is 56.1 Å². The van der Waals surface area contributed by atoms with Gasteiger partial charge in [0.1, 0.15) is 75.9 Å². The van der Waals surface area contributed by atoms with E-state index in [1.165, 1.54) is 73.6 Å². The Kier molecular flexibility index (Phi) is 40.5. The lowest BCUT2D eigenvalue weighted by Crippen LogP contribution is -2.19. The first kappa shape index (κ1) is 92.2. The standard InChI is InChI=1S/C39H50O16P2.C30H40O16P2/c1-27(2)35(40)46-19-23-50-56(44,51-24-20-47-36(41)28(3)4)54-33-15-11-31(12-16-33)39(9,10)32-13-17-34(18-14-32)55-57(45,52-25-21-48-37(42)29(5)6)53-26-22-49-38(43)30(7)8;1-21(2)27(31)37-12-16-41-47(35,42-17-13-38-28(32)22(3)4)45-25-10-9-11-26(20-25)46-48(36,43-18-14-39-29(33)23(5)6)44-19-15-40-30(34)24(7)8/h11-18H,1,3,5,7,19-26H2,2,4,6,8-10H3;9-11,20H,1,3,5,7,12-19H2,2,4,6,8H3. The zero-order valence-electron chi connectivity index (χ0n) is 60.3. The number of phosphoric ester groups is 4. The summed E-state index contributed by atoms with van der Waals surface area (Å²) in [5.41, 5.74) is 2.22. The first-order chi connectivity index (χ1) is 49.1. The van der Waals surface area contributed by atoms with E-state index in [1.807, 2.05) is 13.8 Å². The van der Waals surface area contributed by atoms with Crippen LogP contribution in [0, 0.1) is 0 Å². The van der Waals surface area contributed by atoms with Crippen molar-refractivity contribution < 1.29 is 149 Å². The Bertz CT molecular complexity index is 3410. The summed E-state index contributed by atoms with van der Waals surface area (Å²) in [6.07, 6.45) is 0. The van der Waals surface area contributed by atoms with Crippen molar-refractivity contribution in [3.05, 3.63) is 181 Å². The summed E-state index contributed by atoms with van der Waals surface area (Å²) in [7, 11) is -17.6. The molecule has 0 aliphatic heterocycles. The molecule has 0 spiro atoms. The van der Waals surface area contributed by atoms with Crippen molar-refractivity contribution >= 4 is 79.0 Å². The van der Waals surface area contributed by atoms with Crippen molar-refractivity contribution in [1.82, 2.24) is 0 Å². The molecule has 0 unspecified atom stereocenters. The van der Waals surface area contributed by atoms with Crippen LogP contribution in [0.3, 0.4) is 0 Å². The van der Waals surface area contributed by atoms with Crippen molar-refractivity contribution in [2.45, 2.75) is 74.7 Å². The molecular weight excluding hydrogens is 1460 g/mol. The SMILES string of the molecule is C=C(C)C(=O)OCCOP(=O)(OCCOC(=O)C(=C)C)Oc1ccc(C(C)(C)c2ccc(OP(=O)(OCCOC(=O)C(=C)C)OCCOC(=O)C(=C)C)cc2)cc1.C=C(C)C(=O)OCCOP(=O)(OCCOC(=O)C(=C)C)Oc1cccc(OP(=O)(OCCOC(=O)C(=C)C)OCCOC(=O)C(=C)C)c1. The molecule has 3 rings (SSSR count). The zero-order valence-corrected chi connectivity index (χ0v) is 63.8. The van der Waals surface area contributed by atoms with Crippen LogP contribution in [0.25, 0.3) is 0 Å². The van der Waals surface area contributed by atoms with Gasteiger partial charge in [-0.3, -0.25) is 36.2 Å². The van der Waals surface area contributed by atoms with E-state index in [0.29, 0.717) is 0 Å². The fourth-order valence-corrected chi connectivity index (χ4v) is 11.4. The number of carbonyl (C=O) groups is 8. The third-order valence-corrected chi connectivity index (χ3v) is 17.9. The van der Waals surface area contributed by atoms with Crippen LogP contribution in [0.4, 0.5) is 0 Å². The number of carbonyl (C=O) groups excluding carboxylic acids is 8. The first-order valence-electron chi connectivity index (χ1n) is 31.4. The van der Waals surface area contributed by atoms with Gasteiger partial charge in [0.25, 0.3) is 0 Å². The van der Waals surface area contributed by atoms with Gasteiger partial charge in [0.05, 0.1) is 52.9 Å². The highest BCUT2D eigenvalue weighted by Gasteiger charge is 2.35. The van der Waals surface area contributed by atoms with Gasteiger partial charge in [-0.25, -0.2) is 56.6 Å². The molecular formula is C69H90O32P4. The number of phosphoric acid groups is 4. The number of ether oxygens (including phenoxy) is 8. The molecule has 105 heavy (non-hydrogen) atoms.